The smallest absolute Gasteiger partial charge is 0.324 e. The molecule has 7 atom stereocenters. The molecule has 164 valence electrons. The highest BCUT2D eigenvalue weighted by Gasteiger charge is 2.63. The lowest BCUT2D eigenvalue weighted by atomic mass is 9.73. The molecule has 5 heteroatoms. The zero-order valence-electron chi connectivity index (χ0n) is 18.0. The molecule has 0 bridgehead atoms. The van der Waals surface area contributed by atoms with Gasteiger partial charge in [0, 0.05) is 18.0 Å². The number of piperidine rings is 1. The number of aliphatic hydroxyl groups is 2. The van der Waals surface area contributed by atoms with Gasteiger partial charge in [-0.1, -0.05) is 38.8 Å². The highest BCUT2D eigenvalue weighted by Crippen LogP contribution is 2.55. The van der Waals surface area contributed by atoms with E-state index in [1.54, 1.807) is 0 Å². The molecular formula is C24H39NO4. The second-order valence-corrected chi connectivity index (χ2v) is 10.6. The van der Waals surface area contributed by atoms with E-state index >= 15 is 0 Å². The van der Waals surface area contributed by atoms with Crippen LogP contribution in [0.1, 0.15) is 78.1 Å². The van der Waals surface area contributed by atoms with E-state index in [0.29, 0.717) is 24.3 Å². The fourth-order valence-corrected chi connectivity index (χ4v) is 7.37. The zero-order chi connectivity index (χ0) is 20.8. The van der Waals surface area contributed by atoms with E-state index in [4.69, 9.17) is 0 Å². The maximum absolute atomic E-state index is 12.7. The minimum Gasteiger partial charge on any atom is -0.480 e. The first-order valence-corrected chi connectivity index (χ1v) is 11.9. The van der Waals surface area contributed by atoms with Gasteiger partial charge >= 0.3 is 5.97 Å². The fraction of sp³-hybridized carbons (Fsp3) is 0.875. The monoisotopic (exact) mass is 405 g/mol. The van der Waals surface area contributed by atoms with Gasteiger partial charge in [0.15, 0.2) is 0 Å². The van der Waals surface area contributed by atoms with Gasteiger partial charge in [-0.05, 0) is 69.1 Å². The van der Waals surface area contributed by atoms with E-state index in [9.17, 15) is 20.1 Å². The summed E-state index contributed by atoms with van der Waals surface area (Å²) < 4.78 is 0. The lowest BCUT2D eigenvalue weighted by Crippen LogP contribution is -2.65. The molecule has 2 heterocycles. The lowest BCUT2D eigenvalue weighted by molar-refractivity contribution is -0.164. The van der Waals surface area contributed by atoms with Crippen molar-refractivity contribution in [1.82, 2.24) is 4.90 Å². The van der Waals surface area contributed by atoms with Crippen LogP contribution in [0.4, 0.5) is 0 Å². The number of hydrogen-bond donors (Lipinski definition) is 3. The number of aliphatic carboxylic acids is 1. The van der Waals surface area contributed by atoms with Gasteiger partial charge in [-0.15, -0.1) is 0 Å². The molecule has 0 amide bonds. The molecule has 29 heavy (non-hydrogen) atoms. The first-order valence-electron chi connectivity index (χ1n) is 11.9. The molecule has 0 spiro atoms. The van der Waals surface area contributed by atoms with Crippen LogP contribution in [0.5, 0.6) is 0 Å². The van der Waals surface area contributed by atoms with Crippen LogP contribution in [-0.2, 0) is 4.79 Å². The van der Waals surface area contributed by atoms with Crippen LogP contribution in [0, 0.1) is 23.7 Å². The Balaban J connectivity index is 1.58. The van der Waals surface area contributed by atoms with Crippen molar-refractivity contribution in [3.63, 3.8) is 0 Å². The second kappa shape index (κ2) is 8.32. The summed E-state index contributed by atoms with van der Waals surface area (Å²) in [6.07, 6.45) is 12.6. The molecule has 2 saturated carbocycles. The summed E-state index contributed by atoms with van der Waals surface area (Å²) in [5.41, 5.74) is -0.728. The van der Waals surface area contributed by atoms with Gasteiger partial charge in [0.05, 0.1) is 12.2 Å². The topological polar surface area (TPSA) is 81.0 Å². The minimum atomic E-state index is -0.728. The Bertz CT molecular complexity index is 628. The number of carboxylic acids is 1. The highest BCUT2D eigenvalue weighted by molar-refractivity contribution is 5.80. The summed E-state index contributed by atoms with van der Waals surface area (Å²) in [5, 5.41) is 31.6. The molecular weight excluding hydrogens is 366 g/mol. The Labute approximate surface area is 175 Å². The van der Waals surface area contributed by atoms with Gasteiger partial charge in [0.2, 0.25) is 0 Å². The SMILES string of the molecule is CC(C)C[C@@H](O)/C=C/[C@@H]1[C@H]2CC3CCCC(C(=O)O)(C4CCCC4)N3[C@@H]2C[C@H]1O. The standard InChI is InChI=1S/C24H39NO4/c1-15(2)12-18(26)9-10-19-20-13-17-8-5-11-24(23(28)29,16-6-3-4-7-16)25(17)21(20)14-22(19)27/h9-10,15-22,26-27H,3-8,11-14H2,1-2H3,(H,28,29)/b10-9+/t17?,18-,19+,20+,21+,22+,24?/m0/s1. The Morgan fingerprint density at radius 1 is 1.17 bits per heavy atom. The highest BCUT2D eigenvalue weighted by atomic mass is 16.4. The molecule has 4 fully saturated rings. The number of nitrogens with zero attached hydrogens (tertiary/aromatic N) is 1. The van der Waals surface area contributed by atoms with Crippen LogP contribution in [0.15, 0.2) is 12.2 Å². The van der Waals surface area contributed by atoms with Crippen molar-refractivity contribution in [3.8, 4) is 0 Å². The summed E-state index contributed by atoms with van der Waals surface area (Å²) >= 11 is 0. The first-order chi connectivity index (χ1) is 13.8. The van der Waals surface area contributed by atoms with E-state index < -0.39 is 23.7 Å². The summed E-state index contributed by atoms with van der Waals surface area (Å²) in [6, 6.07) is 0.489. The van der Waals surface area contributed by atoms with Crippen molar-refractivity contribution in [2.24, 2.45) is 23.7 Å². The van der Waals surface area contributed by atoms with Gasteiger partial charge < -0.3 is 15.3 Å². The lowest BCUT2D eigenvalue weighted by Gasteiger charge is -2.51. The van der Waals surface area contributed by atoms with Crippen molar-refractivity contribution in [2.75, 3.05) is 0 Å². The average molecular weight is 406 g/mol. The summed E-state index contributed by atoms with van der Waals surface area (Å²) in [5.74, 6) is 0.383. The molecule has 2 saturated heterocycles. The van der Waals surface area contributed by atoms with E-state index in [2.05, 4.69) is 18.7 Å². The molecule has 0 aromatic heterocycles. The van der Waals surface area contributed by atoms with E-state index in [1.165, 1.54) is 0 Å². The van der Waals surface area contributed by atoms with Gasteiger partial charge in [0.25, 0.3) is 0 Å². The van der Waals surface area contributed by atoms with E-state index in [-0.39, 0.29) is 17.9 Å². The third kappa shape index (κ3) is 3.68. The van der Waals surface area contributed by atoms with Crippen molar-refractivity contribution in [2.45, 2.75) is 108 Å². The van der Waals surface area contributed by atoms with Gasteiger partial charge in [0.1, 0.15) is 5.54 Å². The van der Waals surface area contributed by atoms with Crippen LogP contribution >= 0.6 is 0 Å². The van der Waals surface area contributed by atoms with E-state index in [1.807, 2.05) is 12.2 Å². The van der Waals surface area contributed by atoms with Crippen LogP contribution in [0.25, 0.3) is 0 Å². The number of rotatable bonds is 6. The zero-order valence-corrected chi connectivity index (χ0v) is 18.0. The van der Waals surface area contributed by atoms with Gasteiger partial charge in [-0.3, -0.25) is 9.69 Å². The van der Waals surface area contributed by atoms with Crippen molar-refractivity contribution >= 4 is 5.97 Å². The third-order valence-electron chi connectivity index (χ3n) is 8.44. The Morgan fingerprint density at radius 2 is 1.90 bits per heavy atom. The predicted octanol–water partition coefficient (Wildman–Crippen LogP) is 3.59. The van der Waals surface area contributed by atoms with Crippen molar-refractivity contribution in [3.05, 3.63) is 12.2 Å². The van der Waals surface area contributed by atoms with Crippen LogP contribution in [-0.4, -0.2) is 56.0 Å². The van der Waals surface area contributed by atoms with Gasteiger partial charge in [-0.2, -0.15) is 0 Å². The molecule has 2 unspecified atom stereocenters. The number of fused-ring (bicyclic) bond motifs is 3. The molecule has 0 aromatic rings. The Kier molecular flexibility index (Phi) is 6.12. The average Bonchev–Trinajstić information content (AvgIpc) is 3.35. The maximum atomic E-state index is 12.7. The quantitative estimate of drug-likeness (QED) is 0.589. The first kappa shape index (κ1) is 21.3. The molecule has 3 N–H and O–H groups in total. The van der Waals surface area contributed by atoms with Crippen molar-refractivity contribution in [1.29, 1.82) is 0 Å². The van der Waals surface area contributed by atoms with Crippen LogP contribution < -0.4 is 0 Å². The number of hydrogen-bond acceptors (Lipinski definition) is 4. The molecule has 2 aliphatic carbocycles. The molecule has 2 aliphatic heterocycles. The second-order valence-electron chi connectivity index (χ2n) is 10.6. The van der Waals surface area contributed by atoms with Crippen LogP contribution in [0.2, 0.25) is 0 Å². The molecule has 4 rings (SSSR count). The summed E-state index contributed by atoms with van der Waals surface area (Å²) in [6.45, 7) is 4.20. The minimum absolute atomic E-state index is 0.0301. The fourth-order valence-electron chi connectivity index (χ4n) is 7.37. The largest absolute Gasteiger partial charge is 0.480 e. The maximum Gasteiger partial charge on any atom is 0.324 e. The van der Waals surface area contributed by atoms with Crippen molar-refractivity contribution < 1.29 is 20.1 Å². The Hall–Kier alpha value is -0.910. The Morgan fingerprint density at radius 3 is 2.55 bits per heavy atom. The van der Waals surface area contributed by atoms with Gasteiger partial charge in [-0.25, -0.2) is 0 Å². The number of aliphatic hydroxyl groups excluding tert-OH is 2. The molecule has 0 aromatic carbocycles. The van der Waals surface area contributed by atoms with E-state index in [0.717, 1.165) is 57.8 Å². The number of carboxylic acid groups (broad SMARTS) is 1. The number of carbonyl (C=O) groups is 1. The summed E-state index contributed by atoms with van der Waals surface area (Å²) in [4.78, 5) is 15.1. The van der Waals surface area contributed by atoms with Crippen LogP contribution in [0.3, 0.4) is 0 Å². The molecule has 4 aliphatic rings. The molecule has 0 radical (unpaired) electrons. The summed E-state index contributed by atoms with van der Waals surface area (Å²) in [7, 11) is 0. The normalized spacial score (nSPS) is 41.9. The molecule has 5 nitrogen and oxygen atoms in total. The third-order valence-corrected chi connectivity index (χ3v) is 8.44. The predicted molar refractivity (Wildman–Crippen MR) is 112 cm³/mol.